The summed E-state index contributed by atoms with van der Waals surface area (Å²) in [7, 11) is 1.40. The summed E-state index contributed by atoms with van der Waals surface area (Å²) in [5.74, 6) is -0.158. The summed E-state index contributed by atoms with van der Waals surface area (Å²) < 4.78 is 17.6. The van der Waals surface area contributed by atoms with Crippen LogP contribution in [0.2, 0.25) is 0 Å². The largest absolute Gasteiger partial charge is 0.494 e. The zero-order valence-electron chi connectivity index (χ0n) is 6.80. The van der Waals surface area contributed by atoms with Crippen LogP contribution in [-0.2, 0) is 0 Å². The average Bonchev–Trinajstić information content (AvgIpc) is 2.09. The Hall–Kier alpha value is -1.45. The lowest BCUT2D eigenvalue weighted by Crippen LogP contribution is -1.88. The predicted molar refractivity (Wildman–Crippen MR) is 43.1 cm³/mol. The molecule has 0 aliphatic heterocycles. The molecule has 1 rings (SSSR count). The Morgan fingerprint density at radius 3 is 2.67 bits per heavy atom. The second-order valence-electron chi connectivity index (χ2n) is 2.31. The monoisotopic (exact) mass is 169 g/mol. The highest BCUT2D eigenvalue weighted by atomic mass is 19.1. The molecule has 0 saturated heterocycles. The molecule has 0 radical (unpaired) electrons. The second kappa shape index (κ2) is 3.30. The van der Waals surface area contributed by atoms with Gasteiger partial charge in [0.15, 0.2) is 5.69 Å². The maximum Gasteiger partial charge on any atom is 0.155 e. The zero-order valence-corrected chi connectivity index (χ0v) is 6.80. The van der Waals surface area contributed by atoms with Crippen molar-refractivity contribution in [1.82, 2.24) is 0 Å². The van der Waals surface area contributed by atoms with Gasteiger partial charge in [0.25, 0.3) is 0 Å². The van der Waals surface area contributed by atoms with Crippen molar-refractivity contribution >= 4 is 5.69 Å². The van der Waals surface area contributed by atoms with Crippen LogP contribution in [0.5, 0.6) is 5.75 Å². The van der Waals surface area contributed by atoms with E-state index in [1.165, 1.54) is 26.2 Å². The second-order valence-corrected chi connectivity index (χ2v) is 2.31. The van der Waals surface area contributed by atoms with Gasteiger partial charge in [-0.15, -0.1) is 4.91 Å². The predicted octanol–water partition coefficient (Wildman–Crippen LogP) is 2.54. The van der Waals surface area contributed by atoms with Crippen molar-refractivity contribution in [2.24, 2.45) is 5.18 Å². The first kappa shape index (κ1) is 8.64. The minimum atomic E-state index is -0.453. The van der Waals surface area contributed by atoms with Gasteiger partial charge in [-0.1, -0.05) is 0 Å². The number of halogens is 1. The van der Waals surface area contributed by atoms with E-state index in [9.17, 15) is 9.30 Å². The molecule has 0 fully saturated rings. The molecule has 0 amide bonds. The lowest BCUT2D eigenvalue weighted by atomic mass is 10.2. The van der Waals surface area contributed by atoms with E-state index in [0.717, 1.165) is 0 Å². The molecule has 0 N–H and O–H groups in total. The molecule has 0 aromatic heterocycles. The number of hydrogen-bond acceptors (Lipinski definition) is 3. The summed E-state index contributed by atoms with van der Waals surface area (Å²) in [6.07, 6.45) is 0. The highest BCUT2D eigenvalue weighted by Gasteiger charge is 2.10. The van der Waals surface area contributed by atoms with Crippen LogP contribution in [0.15, 0.2) is 17.3 Å². The molecule has 64 valence electrons. The quantitative estimate of drug-likeness (QED) is 0.638. The van der Waals surface area contributed by atoms with Gasteiger partial charge in [-0.2, -0.15) is 0 Å². The van der Waals surface area contributed by atoms with Crippen LogP contribution >= 0.6 is 0 Å². The molecule has 0 atom stereocenters. The van der Waals surface area contributed by atoms with Gasteiger partial charge in [-0.25, -0.2) is 4.39 Å². The van der Waals surface area contributed by atoms with Crippen LogP contribution in [0.1, 0.15) is 5.56 Å². The third-order valence-electron chi connectivity index (χ3n) is 1.64. The van der Waals surface area contributed by atoms with E-state index in [-0.39, 0.29) is 11.3 Å². The minimum Gasteiger partial charge on any atom is -0.494 e. The van der Waals surface area contributed by atoms with Crippen LogP contribution in [-0.4, -0.2) is 7.11 Å². The molecule has 1 aromatic carbocycles. The number of rotatable bonds is 2. The summed E-state index contributed by atoms with van der Waals surface area (Å²) in [4.78, 5) is 10.3. The highest BCUT2D eigenvalue weighted by molar-refractivity contribution is 5.57. The number of benzene rings is 1. The molecule has 0 aliphatic rings. The first-order chi connectivity index (χ1) is 5.70. The Morgan fingerprint density at radius 2 is 2.17 bits per heavy atom. The van der Waals surface area contributed by atoms with Gasteiger partial charge in [0.05, 0.1) is 7.11 Å². The zero-order chi connectivity index (χ0) is 9.14. The molecule has 3 nitrogen and oxygen atoms in total. The lowest BCUT2D eigenvalue weighted by Gasteiger charge is -2.04. The summed E-state index contributed by atoms with van der Waals surface area (Å²) >= 11 is 0. The Kier molecular flexibility index (Phi) is 2.38. The van der Waals surface area contributed by atoms with E-state index < -0.39 is 5.82 Å². The smallest absolute Gasteiger partial charge is 0.155 e. The van der Waals surface area contributed by atoms with Gasteiger partial charge in [0.2, 0.25) is 0 Å². The molecule has 0 unspecified atom stereocenters. The molecule has 0 heterocycles. The molecular weight excluding hydrogens is 161 g/mol. The van der Waals surface area contributed by atoms with Crippen LogP contribution in [0.25, 0.3) is 0 Å². The first-order valence-electron chi connectivity index (χ1n) is 3.37. The van der Waals surface area contributed by atoms with Crippen molar-refractivity contribution in [1.29, 1.82) is 0 Å². The standard InChI is InChI=1S/C8H8FNO2/c1-5-6(9)3-4-7(12-2)8(5)10-11/h3-4H,1-2H3. The van der Waals surface area contributed by atoms with E-state index in [2.05, 4.69) is 5.18 Å². The Labute approximate surface area is 69.1 Å². The molecule has 0 aliphatic carbocycles. The van der Waals surface area contributed by atoms with Gasteiger partial charge in [0.1, 0.15) is 11.6 Å². The van der Waals surface area contributed by atoms with Gasteiger partial charge in [-0.3, -0.25) is 0 Å². The molecule has 0 bridgehead atoms. The number of hydrogen-bond donors (Lipinski definition) is 0. The molecular formula is C8H8FNO2. The Bertz CT molecular complexity index is 312. The van der Waals surface area contributed by atoms with Gasteiger partial charge < -0.3 is 4.74 Å². The van der Waals surface area contributed by atoms with Gasteiger partial charge in [0, 0.05) is 5.56 Å². The molecule has 1 aromatic rings. The van der Waals surface area contributed by atoms with Crippen molar-refractivity contribution in [3.05, 3.63) is 28.4 Å². The van der Waals surface area contributed by atoms with Crippen molar-refractivity contribution in [2.75, 3.05) is 7.11 Å². The van der Waals surface area contributed by atoms with Crippen molar-refractivity contribution in [3.8, 4) is 5.75 Å². The Balaban J connectivity index is 3.35. The number of methoxy groups -OCH3 is 1. The van der Waals surface area contributed by atoms with E-state index >= 15 is 0 Å². The molecule has 0 saturated carbocycles. The Morgan fingerprint density at radius 1 is 1.50 bits per heavy atom. The molecule has 12 heavy (non-hydrogen) atoms. The first-order valence-corrected chi connectivity index (χ1v) is 3.37. The van der Waals surface area contributed by atoms with Crippen LogP contribution in [0, 0.1) is 17.6 Å². The summed E-state index contributed by atoms with van der Waals surface area (Å²) in [6.45, 7) is 1.48. The fourth-order valence-electron chi connectivity index (χ4n) is 0.929. The number of ether oxygens (including phenoxy) is 1. The maximum absolute atomic E-state index is 12.8. The highest BCUT2D eigenvalue weighted by Crippen LogP contribution is 2.31. The average molecular weight is 169 g/mol. The van der Waals surface area contributed by atoms with Crippen molar-refractivity contribution < 1.29 is 9.13 Å². The van der Waals surface area contributed by atoms with Crippen LogP contribution in [0.4, 0.5) is 10.1 Å². The molecule has 4 heteroatoms. The maximum atomic E-state index is 12.8. The fourth-order valence-corrected chi connectivity index (χ4v) is 0.929. The van der Waals surface area contributed by atoms with E-state index in [0.29, 0.717) is 5.75 Å². The fraction of sp³-hybridized carbons (Fsp3) is 0.250. The summed E-state index contributed by atoms with van der Waals surface area (Å²) in [5.41, 5.74) is 0.238. The normalized spacial score (nSPS) is 9.58. The third kappa shape index (κ3) is 1.28. The summed E-state index contributed by atoms with van der Waals surface area (Å²) in [6, 6.07) is 2.61. The van der Waals surface area contributed by atoms with E-state index in [1.807, 2.05) is 0 Å². The third-order valence-corrected chi connectivity index (χ3v) is 1.64. The SMILES string of the molecule is COc1ccc(F)c(C)c1N=O. The van der Waals surface area contributed by atoms with Gasteiger partial charge >= 0.3 is 0 Å². The molecule has 0 spiro atoms. The van der Waals surface area contributed by atoms with E-state index in [1.54, 1.807) is 0 Å². The summed E-state index contributed by atoms with van der Waals surface area (Å²) in [5, 5.41) is 2.69. The van der Waals surface area contributed by atoms with Crippen LogP contribution in [0.3, 0.4) is 0 Å². The van der Waals surface area contributed by atoms with Crippen molar-refractivity contribution in [3.63, 3.8) is 0 Å². The van der Waals surface area contributed by atoms with Gasteiger partial charge in [-0.05, 0) is 24.2 Å². The number of nitrogens with zero attached hydrogens (tertiary/aromatic N) is 1. The lowest BCUT2D eigenvalue weighted by molar-refractivity contribution is 0.414. The minimum absolute atomic E-state index is 0.0255. The van der Waals surface area contributed by atoms with E-state index in [4.69, 9.17) is 4.74 Å². The van der Waals surface area contributed by atoms with Crippen LogP contribution < -0.4 is 4.74 Å². The van der Waals surface area contributed by atoms with Crippen molar-refractivity contribution in [2.45, 2.75) is 6.92 Å². The topological polar surface area (TPSA) is 38.7 Å². The number of nitroso groups, excluding NO2 is 1.